The van der Waals surface area contributed by atoms with Crippen molar-refractivity contribution in [3.05, 3.63) is 54.4 Å². The SMILES string of the molecule is CCNC(=NCc1cc(N(C)C)nc2ccccc12)N1CCN(c2ncccn2)CC1. The zero-order valence-electron chi connectivity index (χ0n) is 18.5. The number of guanidine groups is 1. The van der Waals surface area contributed by atoms with Crippen molar-refractivity contribution >= 4 is 28.6 Å². The predicted octanol–water partition coefficient (Wildman–Crippen LogP) is 2.38. The maximum Gasteiger partial charge on any atom is 0.225 e. The van der Waals surface area contributed by atoms with Crippen LogP contribution in [-0.2, 0) is 6.54 Å². The zero-order valence-corrected chi connectivity index (χ0v) is 18.5. The fourth-order valence-electron chi connectivity index (χ4n) is 3.75. The Morgan fingerprint density at radius 1 is 1.06 bits per heavy atom. The Balaban J connectivity index is 1.52. The smallest absolute Gasteiger partial charge is 0.225 e. The fraction of sp³-hybridized carbons (Fsp3) is 0.391. The number of para-hydroxylation sites is 1. The molecule has 0 aliphatic carbocycles. The minimum atomic E-state index is 0.605. The van der Waals surface area contributed by atoms with Crippen molar-refractivity contribution < 1.29 is 0 Å². The van der Waals surface area contributed by atoms with Crippen LogP contribution in [0.5, 0.6) is 0 Å². The summed E-state index contributed by atoms with van der Waals surface area (Å²) >= 11 is 0. The second-order valence-electron chi connectivity index (χ2n) is 7.74. The number of benzene rings is 1. The van der Waals surface area contributed by atoms with Gasteiger partial charge in [-0.2, -0.15) is 0 Å². The highest BCUT2D eigenvalue weighted by molar-refractivity contribution is 5.85. The predicted molar refractivity (Wildman–Crippen MR) is 127 cm³/mol. The van der Waals surface area contributed by atoms with Gasteiger partial charge in [-0.3, -0.25) is 0 Å². The molecule has 1 aliphatic rings. The van der Waals surface area contributed by atoms with E-state index in [4.69, 9.17) is 9.98 Å². The molecule has 3 aromatic rings. The number of nitrogens with zero attached hydrogens (tertiary/aromatic N) is 7. The number of nitrogens with one attached hydrogen (secondary N) is 1. The Morgan fingerprint density at radius 3 is 2.52 bits per heavy atom. The normalized spacial score (nSPS) is 14.7. The van der Waals surface area contributed by atoms with Gasteiger partial charge in [-0.15, -0.1) is 0 Å². The summed E-state index contributed by atoms with van der Waals surface area (Å²) in [7, 11) is 4.04. The largest absolute Gasteiger partial charge is 0.363 e. The van der Waals surface area contributed by atoms with Crippen LogP contribution in [0.2, 0.25) is 0 Å². The van der Waals surface area contributed by atoms with Gasteiger partial charge in [-0.1, -0.05) is 18.2 Å². The van der Waals surface area contributed by atoms with Gasteiger partial charge in [0.05, 0.1) is 12.1 Å². The molecule has 1 aliphatic heterocycles. The molecule has 1 saturated heterocycles. The highest BCUT2D eigenvalue weighted by Gasteiger charge is 2.21. The van der Waals surface area contributed by atoms with E-state index in [2.05, 4.69) is 56.3 Å². The molecule has 0 atom stereocenters. The number of rotatable bonds is 5. The molecule has 3 heterocycles. The van der Waals surface area contributed by atoms with E-state index in [-0.39, 0.29) is 0 Å². The Morgan fingerprint density at radius 2 is 1.81 bits per heavy atom. The summed E-state index contributed by atoms with van der Waals surface area (Å²) in [5.74, 6) is 2.69. The molecule has 1 fully saturated rings. The average molecular weight is 419 g/mol. The molecule has 1 N–H and O–H groups in total. The number of hydrogen-bond donors (Lipinski definition) is 1. The Labute approximate surface area is 183 Å². The first-order chi connectivity index (χ1) is 15.2. The summed E-state index contributed by atoms with van der Waals surface area (Å²) in [5.41, 5.74) is 2.18. The third-order valence-electron chi connectivity index (χ3n) is 5.39. The summed E-state index contributed by atoms with van der Waals surface area (Å²) in [4.78, 5) is 25.1. The van der Waals surface area contributed by atoms with Crippen molar-refractivity contribution in [1.29, 1.82) is 0 Å². The van der Waals surface area contributed by atoms with E-state index in [0.717, 1.165) is 61.4 Å². The van der Waals surface area contributed by atoms with Crippen molar-refractivity contribution in [2.24, 2.45) is 4.99 Å². The lowest BCUT2D eigenvalue weighted by Gasteiger charge is -2.36. The van der Waals surface area contributed by atoms with Gasteiger partial charge in [0.1, 0.15) is 5.82 Å². The quantitative estimate of drug-likeness (QED) is 0.504. The average Bonchev–Trinajstić information content (AvgIpc) is 2.82. The van der Waals surface area contributed by atoms with E-state index in [1.807, 2.05) is 31.1 Å². The first kappa shape index (κ1) is 20.8. The fourth-order valence-corrected chi connectivity index (χ4v) is 3.75. The molecule has 0 amide bonds. The van der Waals surface area contributed by atoms with Crippen LogP contribution in [0.1, 0.15) is 12.5 Å². The first-order valence-corrected chi connectivity index (χ1v) is 10.8. The van der Waals surface area contributed by atoms with Crippen LogP contribution in [0.3, 0.4) is 0 Å². The maximum atomic E-state index is 4.99. The Hall–Kier alpha value is -3.42. The summed E-state index contributed by atoms with van der Waals surface area (Å²) in [6.45, 7) is 7.05. The summed E-state index contributed by atoms with van der Waals surface area (Å²) in [5, 5.41) is 4.61. The number of piperazine rings is 1. The molecular formula is C23H30N8. The van der Waals surface area contributed by atoms with Crippen molar-refractivity contribution in [3.63, 3.8) is 0 Å². The molecule has 8 heteroatoms. The minimum absolute atomic E-state index is 0.605. The molecule has 0 unspecified atom stereocenters. The monoisotopic (exact) mass is 418 g/mol. The van der Waals surface area contributed by atoms with E-state index in [1.165, 1.54) is 5.56 Å². The second-order valence-corrected chi connectivity index (χ2v) is 7.74. The lowest BCUT2D eigenvalue weighted by atomic mass is 10.1. The molecule has 0 bridgehead atoms. The van der Waals surface area contributed by atoms with E-state index < -0.39 is 0 Å². The third kappa shape index (κ3) is 4.84. The van der Waals surface area contributed by atoms with Gasteiger partial charge in [-0.25, -0.2) is 19.9 Å². The van der Waals surface area contributed by atoms with Crippen LogP contribution in [0, 0.1) is 0 Å². The van der Waals surface area contributed by atoms with Gasteiger partial charge < -0.3 is 20.0 Å². The molecule has 31 heavy (non-hydrogen) atoms. The lowest BCUT2D eigenvalue weighted by Crippen LogP contribution is -2.52. The van der Waals surface area contributed by atoms with Crippen LogP contribution < -0.4 is 15.1 Å². The van der Waals surface area contributed by atoms with Crippen LogP contribution >= 0.6 is 0 Å². The van der Waals surface area contributed by atoms with Crippen molar-refractivity contribution in [2.45, 2.75) is 13.5 Å². The summed E-state index contributed by atoms with van der Waals surface area (Å²) < 4.78 is 0. The molecule has 0 radical (unpaired) electrons. The zero-order chi connectivity index (χ0) is 21.6. The number of anilines is 2. The van der Waals surface area contributed by atoms with Crippen LogP contribution in [-0.4, -0.2) is 72.6 Å². The van der Waals surface area contributed by atoms with Crippen LogP contribution in [0.15, 0.2) is 53.8 Å². The number of aromatic nitrogens is 3. The van der Waals surface area contributed by atoms with Crippen LogP contribution in [0.4, 0.5) is 11.8 Å². The maximum absolute atomic E-state index is 4.99. The standard InChI is InChI=1S/C23H30N8/c1-4-24-22(30-12-14-31(15-13-30)23-25-10-7-11-26-23)27-17-18-16-21(29(2)3)28-20-9-6-5-8-19(18)20/h5-11,16H,4,12-15,17H2,1-3H3,(H,24,27). The third-order valence-corrected chi connectivity index (χ3v) is 5.39. The van der Waals surface area contributed by atoms with Gasteiger partial charge in [0.25, 0.3) is 0 Å². The molecule has 4 rings (SSSR count). The molecule has 2 aromatic heterocycles. The molecule has 0 spiro atoms. The van der Waals surface area contributed by atoms with Crippen molar-refractivity contribution in [3.8, 4) is 0 Å². The van der Waals surface area contributed by atoms with E-state index in [0.29, 0.717) is 6.54 Å². The molecule has 8 nitrogen and oxygen atoms in total. The minimum Gasteiger partial charge on any atom is -0.363 e. The van der Waals surface area contributed by atoms with E-state index in [9.17, 15) is 0 Å². The first-order valence-electron chi connectivity index (χ1n) is 10.8. The van der Waals surface area contributed by atoms with Gasteiger partial charge >= 0.3 is 0 Å². The highest BCUT2D eigenvalue weighted by Crippen LogP contribution is 2.23. The second kappa shape index (κ2) is 9.59. The van der Waals surface area contributed by atoms with Gasteiger partial charge in [-0.05, 0) is 30.7 Å². The Bertz CT molecular complexity index is 1030. The topological polar surface area (TPSA) is 72.8 Å². The lowest BCUT2D eigenvalue weighted by molar-refractivity contribution is 0.370. The van der Waals surface area contributed by atoms with Crippen molar-refractivity contribution in [1.82, 2.24) is 25.2 Å². The number of aliphatic imine (C=N–C) groups is 1. The van der Waals surface area contributed by atoms with Crippen LogP contribution in [0.25, 0.3) is 10.9 Å². The molecule has 162 valence electrons. The van der Waals surface area contributed by atoms with E-state index >= 15 is 0 Å². The van der Waals surface area contributed by atoms with Gasteiger partial charge in [0, 0.05) is 64.6 Å². The summed E-state index contributed by atoms with van der Waals surface area (Å²) in [6.07, 6.45) is 3.59. The van der Waals surface area contributed by atoms with Gasteiger partial charge in [0.15, 0.2) is 5.96 Å². The highest BCUT2D eigenvalue weighted by atomic mass is 15.4. The number of pyridine rings is 1. The Kier molecular flexibility index (Phi) is 6.45. The molecule has 1 aromatic carbocycles. The van der Waals surface area contributed by atoms with E-state index in [1.54, 1.807) is 12.4 Å². The molecule has 0 saturated carbocycles. The number of hydrogen-bond acceptors (Lipinski definition) is 6. The number of fused-ring (bicyclic) bond motifs is 1. The van der Waals surface area contributed by atoms with Gasteiger partial charge in [0.2, 0.25) is 5.95 Å². The molecular weight excluding hydrogens is 388 g/mol. The summed E-state index contributed by atoms with van der Waals surface area (Å²) in [6, 6.07) is 12.3. The van der Waals surface area contributed by atoms with Crippen molar-refractivity contribution in [2.75, 3.05) is 56.6 Å².